The van der Waals surface area contributed by atoms with E-state index >= 15 is 0 Å². The quantitative estimate of drug-likeness (QED) is 0.566. The fraction of sp³-hybridized carbons (Fsp3) is 0.864. The van der Waals surface area contributed by atoms with Crippen LogP contribution in [0.4, 0.5) is 0 Å². The molecule has 1 saturated carbocycles. The van der Waals surface area contributed by atoms with Gasteiger partial charge in [0.05, 0.1) is 21.3 Å². The van der Waals surface area contributed by atoms with E-state index < -0.39 is 19.8 Å². The first-order valence-corrected chi connectivity index (χ1v) is 14.2. The van der Waals surface area contributed by atoms with Gasteiger partial charge in [-0.15, -0.1) is 0 Å². The molecule has 2 aliphatic rings. The van der Waals surface area contributed by atoms with Gasteiger partial charge in [0.15, 0.2) is 5.79 Å². The molecule has 0 aromatic rings. The van der Waals surface area contributed by atoms with Crippen LogP contribution in [0.1, 0.15) is 65.7 Å². The third kappa shape index (κ3) is 7.35. The first kappa shape index (κ1) is 22.6. The van der Waals surface area contributed by atoms with Crippen molar-refractivity contribution in [1.82, 2.24) is 0 Å². The Morgan fingerprint density at radius 2 is 1.67 bits per heavy atom. The second-order valence-corrected chi connectivity index (χ2v) is 15.7. The lowest BCUT2D eigenvalue weighted by atomic mass is 9.73. The van der Waals surface area contributed by atoms with Gasteiger partial charge in [-0.3, -0.25) is 4.79 Å². The van der Waals surface area contributed by atoms with E-state index in [1.54, 1.807) is 5.57 Å². The van der Waals surface area contributed by atoms with E-state index in [2.05, 4.69) is 46.1 Å². The van der Waals surface area contributed by atoms with Crippen LogP contribution >= 0.6 is 0 Å². The molecule has 156 valence electrons. The van der Waals surface area contributed by atoms with Gasteiger partial charge in [0, 0.05) is 18.3 Å². The molecule has 2 atom stereocenters. The van der Waals surface area contributed by atoms with Crippen LogP contribution in [0.5, 0.6) is 0 Å². The maximum atomic E-state index is 11.1. The third-order valence-electron chi connectivity index (χ3n) is 5.84. The van der Waals surface area contributed by atoms with E-state index in [9.17, 15) is 4.79 Å². The van der Waals surface area contributed by atoms with E-state index in [0.29, 0.717) is 11.8 Å². The Bertz CT molecular complexity index is 537. The first-order chi connectivity index (χ1) is 12.4. The molecule has 1 N–H and O–H groups in total. The highest BCUT2D eigenvalue weighted by Gasteiger charge is 2.38. The molecule has 27 heavy (non-hydrogen) atoms. The van der Waals surface area contributed by atoms with Crippen LogP contribution in [0, 0.1) is 17.3 Å². The van der Waals surface area contributed by atoms with Gasteiger partial charge in [-0.25, -0.2) is 0 Å². The summed E-state index contributed by atoms with van der Waals surface area (Å²) in [4.78, 5) is 11.1. The van der Waals surface area contributed by atoms with Gasteiger partial charge in [-0.2, -0.15) is 0 Å². The average molecular weight is 397 g/mol. The van der Waals surface area contributed by atoms with Gasteiger partial charge in [0.2, 0.25) is 0 Å². The van der Waals surface area contributed by atoms with Gasteiger partial charge in [0.25, 0.3) is 0 Å². The largest absolute Gasteiger partial charge is 0.481 e. The van der Waals surface area contributed by atoms with Crippen molar-refractivity contribution < 1.29 is 19.4 Å². The van der Waals surface area contributed by atoms with Crippen LogP contribution in [0.25, 0.3) is 0 Å². The number of carbonyl (C=O) groups is 1. The van der Waals surface area contributed by atoms with E-state index in [0.717, 1.165) is 38.9 Å². The van der Waals surface area contributed by atoms with E-state index in [4.69, 9.17) is 14.6 Å². The van der Waals surface area contributed by atoms with E-state index in [1.165, 1.54) is 12.8 Å². The zero-order valence-electron chi connectivity index (χ0n) is 18.3. The van der Waals surface area contributed by atoms with Crippen molar-refractivity contribution in [1.29, 1.82) is 0 Å². The van der Waals surface area contributed by atoms with Gasteiger partial charge in [-0.1, -0.05) is 51.2 Å². The standard InChI is InChI=1S/C22H40O4Si/c1-21(2)15-25-22(3,26-16-21)13-12-18-9-7-8-17(10-11-20(23)24)19(18)14-27(4,5)6/h14,17-18H,7-13,15-16H2,1-6H3,(H,23,24). The number of allylic oxidation sites excluding steroid dienone is 1. The smallest absolute Gasteiger partial charge is 0.303 e. The number of hydrogen-bond acceptors (Lipinski definition) is 3. The number of rotatable bonds is 7. The molecule has 1 aliphatic carbocycles. The minimum atomic E-state index is -1.36. The normalized spacial score (nSPS) is 29.6. The fourth-order valence-electron chi connectivity index (χ4n) is 4.29. The molecule has 5 heteroatoms. The molecule has 0 aromatic heterocycles. The second kappa shape index (κ2) is 8.79. The number of aliphatic carboxylic acids is 1. The summed E-state index contributed by atoms with van der Waals surface area (Å²) in [6, 6.07) is 0. The van der Waals surface area contributed by atoms with E-state index in [-0.39, 0.29) is 11.8 Å². The Balaban J connectivity index is 2.06. The molecule has 2 rings (SSSR count). The van der Waals surface area contributed by atoms with Crippen molar-refractivity contribution >= 4 is 14.0 Å². The summed E-state index contributed by atoms with van der Waals surface area (Å²) in [6.07, 6.45) is 6.57. The van der Waals surface area contributed by atoms with Crippen molar-refractivity contribution in [2.24, 2.45) is 17.3 Å². The van der Waals surface area contributed by atoms with Crippen LogP contribution in [0.3, 0.4) is 0 Å². The summed E-state index contributed by atoms with van der Waals surface area (Å²) < 4.78 is 12.2. The van der Waals surface area contributed by atoms with Crippen molar-refractivity contribution in [3.63, 3.8) is 0 Å². The molecule has 0 bridgehead atoms. The van der Waals surface area contributed by atoms with Crippen LogP contribution in [-0.2, 0) is 14.3 Å². The molecule has 0 radical (unpaired) electrons. The Morgan fingerprint density at radius 1 is 1.11 bits per heavy atom. The Labute approximate surface area is 166 Å². The summed E-state index contributed by atoms with van der Waals surface area (Å²) in [5, 5.41) is 9.13. The molecule has 1 aliphatic heterocycles. The second-order valence-electron chi connectivity index (χ2n) is 10.7. The Kier molecular flexibility index (Phi) is 7.37. The van der Waals surface area contributed by atoms with Crippen molar-refractivity contribution in [3.05, 3.63) is 11.3 Å². The van der Waals surface area contributed by atoms with Crippen molar-refractivity contribution in [3.8, 4) is 0 Å². The lowest BCUT2D eigenvalue weighted by Gasteiger charge is -2.43. The van der Waals surface area contributed by atoms with Crippen LogP contribution in [0.15, 0.2) is 11.3 Å². The lowest BCUT2D eigenvalue weighted by molar-refractivity contribution is -0.292. The Hall–Kier alpha value is -0.653. The van der Waals surface area contributed by atoms with Gasteiger partial charge < -0.3 is 14.6 Å². The topological polar surface area (TPSA) is 55.8 Å². The number of ether oxygens (including phenoxy) is 2. The van der Waals surface area contributed by atoms with Gasteiger partial charge in [0.1, 0.15) is 0 Å². The summed E-state index contributed by atoms with van der Waals surface area (Å²) in [5.41, 5.74) is 4.19. The third-order valence-corrected chi connectivity index (χ3v) is 7.04. The van der Waals surface area contributed by atoms with Crippen molar-refractivity contribution in [2.45, 2.75) is 91.1 Å². The highest BCUT2D eigenvalue weighted by Crippen LogP contribution is 2.42. The maximum Gasteiger partial charge on any atom is 0.303 e. The number of carboxylic acid groups (broad SMARTS) is 1. The van der Waals surface area contributed by atoms with E-state index in [1.807, 2.05) is 0 Å². The molecule has 2 fully saturated rings. The molecule has 4 nitrogen and oxygen atoms in total. The van der Waals surface area contributed by atoms with Crippen LogP contribution in [0.2, 0.25) is 19.6 Å². The number of carboxylic acids is 1. The minimum Gasteiger partial charge on any atom is -0.481 e. The van der Waals surface area contributed by atoms with Gasteiger partial charge in [-0.05, 0) is 44.4 Å². The molecule has 1 heterocycles. The molecular weight excluding hydrogens is 356 g/mol. The predicted octanol–water partition coefficient (Wildman–Crippen LogP) is 5.64. The maximum absolute atomic E-state index is 11.1. The zero-order chi connectivity index (χ0) is 20.3. The summed E-state index contributed by atoms with van der Waals surface area (Å²) >= 11 is 0. The molecule has 0 amide bonds. The molecule has 1 saturated heterocycles. The predicted molar refractivity (Wildman–Crippen MR) is 112 cm³/mol. The van der Waals surface area contributed by atoms with Crippen molar-refractivity contribution in [2.75, 3.05) is 13.2 Å². The summed E-state index contributed by atoms with van der Waals surface area (Å²) in [7, 11) is -1.36. The molecule has 0 spiro atoms. The summed E-state index contributed by atoms with van der Waals surface area (Å²) in [5.74, 6) is -0.174. The fourth-order valence-corrected chi connectivity index (χ4v) is 5.76. The zero-order valence-corrected chi connectivity index (χ0v) is 19.3. The van der Waals surface area contributed by atoms with Gasteiger partial charge >= 0.3 is 5.97 Å². The molecular formula is C22H40O4Si. The monoisotopic (exact) mass is 396 g/mol. The minimum absolute atomic E-state index is 0.0924. The Morgan fingerprint density at radius 3 is 2.19 bits per heavy atom. The summed E-state index contributed by atoms with van der Waals surface area (Å²) in [6.45, 7) is 15.0. The SMILES string of the molecule is CC1(C)COC(C)(CCC2CCCC(CCC(=O)O)C2=C[Si](C)(C)C)OC1. The van der Waals surface area contributed by atoms with Crippen LogP contribution < -0.4 is 0 Å². The highest BCUT2D eigenvalue weighted by atomic mass is 28.3. The molecule has 0 aromatic carbocycles. The number of hydrogen-bond donors (Lipinski definition) is 1. The average Bonchev–Trinajstić information content (AvgIpc) is 2.54. The first-order valence-electron chi connectivity index (χ1n) is 10.6. The lowest BCUT2D eigenvalue weighted by Crippen LogP contribution is -2.45. The van der Waals surface area contributed by atoms with Crippen LogP contribution in [-0.4, -0.2) is 38.2 Å². The highest BCUT2D eigenvalue weighted by molar-refractivity contribution is 6.81. The molecule has 2 unspecified atom stereocenters.